The average molecular weight is 365 g/mol. The Morgan fingerprint density at radius 2 is 2.15 bits per heavy atom. The fourth-order valence-corrected chi connectivity index (χ4v) is 2.86. The number of methoxy groups -OCH3 is 1. The molecule has 4 rings (SSSR count). The third-order valence-corrected chi connectivity index (χ3v) is 4.19. The van der Waals surface area contributed by atoms with Gasteiger partial charge >= 0.3 is 0 Å². The number of nitrogens with one attached hydrogen (secondary N) is 2. The van der Waals surface area contributed by atoms with Gasteiger partial charge in [-0.2, -0.15) is 5.10 Å². The number of H-pyrrole nitrogens is 1. The summed E-state index contributed by atoms with van der Waals surface area (Å²) >= 11 is 0. The van der Waals surface area contributed by atoms with Gasteiger partial charge in [-0.05, 0) is 35.4 Å². The second-order valence-electron chi connectivity index (χ2n) is 5.96. The molecular weight excluding hydrogens is 349 g/mol. The largest absolute Gasteiger partial charge is 0.497 e. The lowest BCUT2D eigenvalue weighted by Gasteiger charge is -2.07. The number of pyridine rings is 1. The molecule has 0 saturated carbocycles. The maximum absolute atomic E-state index is 13.6. The van der Waals surface area contributed by atoms with Crippen LogP contribution in [0.25, 0.3) is 16.6 Å². The van der Waals surface area contributed by atoms with E-state index in [4.69, 9.17) is 4.74 Å². The van der Waals surface area contributed by atoms with Crippen LogP contribution in [0.3, 0.4) is 0 Å². The van der Waals surface area contributed by atoms with Gasteiger partial charge in [-0.25, -0.2) is 9.37 Å². The van der Waals surface area contributed by atoms with Crippen molar-refractivity contribution >= 4 is 11.4 Å². The number of nitrogens with zero attached hydrogens (tertiary/aromatic N) is 3. The Balaban J connectivity index is 1.54. The fourth-order valence-electron chi connectivity index (χ4n) is 2.86. The Morgan fingerprint density at radius 1 is 1.26 bits per heavy atom. The van der Waals surface area contributed by atoms with Gasteiger partial charge in [0.05, 0.1) is 25.0 Å². The maximum atomic E-state index is 13.6. The number of imidazole rings is 1. The van der Waals surface area contributed by atoms with E-state index in [1.165, 1.54) is 19.2 Å². The third-order valence-electron chi connectivity index (χ3n) is 4.19. The fraction of sp³-hybridized carbons (Fsp3) is 0.105. The summed E-state index contributed by atoms with van der Waals surface area (Å²) in [5.74, 6) is -0.115. The number of aromatic amines is 1. The van der Waals surface area contributed by atoms with Gasteiger partial charge in [-0.1, -0.05) is 0 Å². The van der Waals surface area contributed by atoms with Gasteiger partial charge in [0.15, 0.2) is 0 Å². The van der Waals surface area contributed by atoms with E-state index in [1.54, 1.807) is 35.3 Å². The lowest BCUT2D eigenvalue weighted by Crippen LogP contribution is -2.25. The van der Waals surface area contributed by atoms with Crippen molar-refractivity contribution in [2.24, 2.45) is 0 Å². The monoisotopic (exact) mass is 365 g/mol. The minimum atomic E-state index is -0.420. The quantitative estimate of drug-likeness (QED) is 0.570. The second-order valence-corrected chi connectivity index (χ2v) is 5.96. The molecule has 3 aromatic heterocycles. The number of carbonyl (C=O) groups is 1. The Hall–Kier alpha value is -3.68. The van der Waals surface area contributed by atoms with Crippen LogP contribution in [0.15, 0.2) is 55.1 Å². The predicted molar refractivity (Wildman–Crippen MR) is 96.9 cm³/mol. The lowest BCUT2D eigenvalue weighted by atomic mass is 10.1. The van der Waals surface area contributed by atoms with Crippen molar-refractivity contribution in [2.45, 2.75) is 6.54 Å². The van der Waals surface area contributed by atoms with Crippen LogP contribution in [0, 0.1) is 5.82 Å². The minimum Gasteiger partial charge on any atom is -0.497 e. The average Bonchev–Trinajstić information content (AvgIpc) is 3.34. The van der Waals surface area contributed by atoms with Gasteiger partial charge in [-0.15, -0.1) is 0 Å². The van der Waals surface area contributed by atoms with Gasteiger partial charge < -0.3 is 10.1 Å². The molecule has 0 aliphatic rings. The Bertz CT molecular complexity index is 1100. The van der Waals surface area contributed by atoms with Crippen LogP contribution >= 0.6 is 0 Å². The van der Waals surface area contributed by atoms with Crippen LogP contribution in [0.5, 0.6) is 5.75 Å². The molecule has 0 fully saturated rings. The first-order valence-electron chi connectivity index (χ1n) is 8.22. The third kappa shape index (κ3) is 3.37. The molecule has 0 atom stereocenters. The summed E-state index contributed by atoms with van der Waals surface area (Å²) < 4.78 is 20.3. The van der Waals surface area contributed by atoms with Gasteiger partial charge in [0.2, 0.25) is 5.82 Å². The molecule has 0 unspecified atom stereocenters. The topological polar surface area (TPSA) is 84.3 Å². The Kier molecular flexibility index (Phi) is 4.29. The highest BCUT2D eigenvalue weighted by atomic mass is 19.1. The van der Waals surface area contributed by atoms with E-state index in [9.17, 15) is 9.18 Å². The van der Waals surface area contributed by atoms with Gasteiger partial charge in [0, 0.05) is 30.6 Å². The van der Waals surface area contributed by atoms with Crippen molar-refractivity contribution in [2.75, 3.05) is 7.11 Å². The molecule has 0 saturated heterocycles. The van der Waals surface area contributed by atoms with Gasteiger partial charge in [-0.3, -0.25) is 14.3 Å². The van der Waals surface area contributed by atoms with Crippen molar-refractivity contribution in [3.63, 3.8) is 0 Å². The molecule has 1 amide bonds. The smallest absolute Gasteiger partial charge is 0.287 e. The minimum absolute atomic E-state index is 0.162. The summed E-state index contributed by atoms with van der Waals surface area (Å²) in [7, 11) is 1.46. The first-order chi connectivity index (χ1) is 13.1. The van der Waals surface area contributed by atoms with E-state index < -0.39 is 5.82 Å². The number of hydrogen-bond donors (Lipinski definition) is 2. The van der Waals surface area contributed by atoms with Crippen LogP contribution in [0.4, 0.5) is 4.39 Å². The summed E-state index contributed by atoms with van der Waals surface area (Å²) in [4.78, 5) is 16.7. The Morgan fingerprint density at radius 3 is 2.93 bits per heavy atom. The predicted octanol–water partition coefficient (Wildman–Crippen LogP) is 2.80. The highest BCUT2D eigenvalue weighted by Crippen LogP contribution is 2.20. The maximum Gasteiger partial charge on any atom is 0.287 e. The summed E-state index contributed by atoms with van der Waals surface area (Å²) in [5, 5.41) is 9.46. The molecule has 0 radical (unpaired) electrons. The summed E-state index contributed by atoms with van der Waals surface area (Å²) in [6, 6.07) is 8.11. The molecule has 136 valence electrons. The van der Waals surface area contributed by atoms with E-state index in [2.05, 4.69) is 20.5 Å². The van der Waals surface area contributed by atoms with E-state index in [0.29, 0.717) is 11.3 Å². The number of fused-ring (bicyclic) bond motifs is 1. The Labute approximate surface area is 153 Å². The summed E-state index contributed by atoms with van der Waals surface area (Å²) in [5.41, 5.74) is 3.30. The number of amides is 1. The van der Waals surface area contributed by atoms with E-state index in [1.807, 2.05) is 12.1 Å². The van der Waals surface area contributed by atoms with Crippen LogP contribution in [0.1, 0.15) is 16.2 Å². The van der Waals surface area contributed by atoms with Crippen molar-refractivity contribution < 1.29 is 13.9 Å². The molecule has 4 aromatic rings. The number of ether oxygens (including phenoxy) is 1. The highest BCUT2D eigenvalue weighted by molar-refractivity contribution is 5.92. The molecule has 0 aliphatic heterocycles. The van der Waals surface area contributed by atoms with Crippen molar-refractivity contribution in [3.05, 3.63) is 72.3 Å². The molecule has 1 aromatic carbocycles. The van der Waals surface area contributed by atoms with Crippen molar-refractivity contribution in [1.29, 1.82) is 0 Å². The molecule has 27 heavy (non-hydrogen) atoms. The van der Waals surface area contributed by atoms with E-state index in [-0.39, 0.29) is 18.3 Å². The number of halogens is 1. The van der Waals surface area contributed by atoms with Crippen LogP contribution in [0.2, 0.25) is 0 Å². The molecule has 2 N–H and O–H groups in total. The molecule has 7 nitrogen and oxygen atoms in total. The molecule has 0 aliphatic carbocycles. The van der Waals surface area contributed by atoms with E-state index in [0.717, 1.165) is 16.6 Å². The number of carbonyl (C=O) groups excluding carboxylic acids is 1. The normalized spacial score (nSPS) is 10.9. The zero-order chi connectivity index (χ0) is 18.8. The van der Waals surface area contributed by atoms with Gasteiger partial charge in [0.25, 0.3) is 5.91 Å². The molecule has 3 heterocycles. The number of rotatable bonds is 5. The summed E-state index contributed by atoms with van der Waals surface area (Å²) in [6.07, 6.45) is 6.93. The number of aromatic nitrogens is 4. The second kappa shape index (κ2) is 6.91. The van der Waals surface area contributed by atoms with Crippen LogP contribution in [-0.4, -0.2) is 32.6 Å². The summed E-state index contributed by atoms with van der Waals surface area (Å²) in [6.45, 7) is 0.162. The zero-order valence-corrected chi connectivity index (χ0v) is 14.4. The van der Waals surface area contributed by atoms with Crippen molar-refractivity contribution in [3.8, 4) is 16.9 Å². The van der Waals surface area contributed by atoms with Crippen LogP contribution in [-0.2, 0) is 6.54 Å². The number of hydrogen-bond acceptors (Lipinski definition) is 4. The first kappa shape index (κ1) is 16.8. The molecular formula is C19H16FN5O2. The van der Waals surface area contributed by atoms with Crippen molar-refractivity contribution in [1.82, 2.24) is 24.9 Å². The standard InChI is InChI=1S/C19H16FN5O2/c1-27-17-5-12(4-15(20)7-17)8-22-19(26)18-21-11-16-6-13(2-3-25(16)18)14-9-23-24-10-14/h2-7,9-11H,8H2,1H3,(H,22,26)(H,23,24). The van der Waals surface area contributed by atoms with Crippen LogP contribution < -0.4 is 10.1 Å². The molecule has 0 spiro atoms. The zero-order valence-electron chi connectivity index (χ0n) is 14.4. The highest BCUT2D eigenvalue weighted by Gasteiger charge is 2.14. The SMILES string of the molecule is COc1cc(F)cc(CNC(=O)c2ncc3cc(-c4cn[nH]c4)ccn23)c1. The number of benzene rings is 1. The lowest BCUT2D eigenvalue weighted by molar-refractivity contribution is 0.0940. The molecule has 8 heteroatoms. The van der Waals surface area contributed by atoms with Gasteiger partial charge in [0.1, 0.15) is 11.6 Å². The molecule has 0 bridgehead atoms. The first-order valence-corrected chi connectivity index (χ1v) is 8.22. The van der Waals surface area contributed by atoms with E-state index >= 15 is 0 Å².